The molecule has 3 fully saturated rings. The van der Waals surface area contributed by atoms with Crippen molar-refractivity contribution in [1.82, 2.24) is 9.88 Å². The standard InChI is InChI=1S/C20H27FN2/c1-3-20(2)11-14-4-7-19(20)23(13-14)9-8-15-12-22-18-6-5-16(21)10-17(15)18/h5-6,10,12,14,19,22H,3-4,7-9,11,13H2,1-2H3. The fourth-order valence-electron chi connectivity index (χ4n) is 5.13. The topological polar surface area (TPSA) is 19.0 Å². The molecule has 2 saturated heterocycles. The van der Waals surface area contributed by atoms with Gasteiger partial charge in [-0.3, -0.25) is 4.90 Å². The third-order valence-electron chi connectivity index (χ3n) is 6.55. The Balaban J connectivity index is 1.51. The molecule has 3 heterocycles. The fraction of sp³-hybridized carbons (Fsp3) is 0.600. The molecular formula is C20H27FN2. The van der Waals surface area contributed by atoms with Crippen LogP contribution in [0.5, 0.6) is 0 Å². The SMILES string of the molecule is CCC1(C)CC2CCC1N(CCc1c[nH]c3ccc(F)cc13)C2. The van der Waals surface area contributed by atoms with E-state index in [1.165, 1.54) is 43.9 Å². The van der Waals surface area contributed by atoms with Crippen LogP contribution < -0.4 is 0 Å². The van der Waals surface area contributed by atoms with Gasteiger partial charge in [-0.1, -0.05) is 13.8 Å². The maximum absolute atomic E-state index is 13.5. The molecule has 3 aliphatic rings. The average molecular weight is 314 g/mol. The van der Waals surface area contributed by atoms with Crippen LogP contribution in [0.3, 0.4) is 0 Å². The number of benzene rings is 1. The van der Waals surface area contributed by atoms with Crippen molar-refractivity contribution in [2.45, 2.75) is 52.0 Å². The summed E-state index contributed by atoms with van der Waals surface area (Å²) in [6.07, 6.45) is 8.52. The second kappa shape index (κ2) is 5.62. The van der Waals surface area contributed by atoms with Gasteiger partial charge in [-0.15, -0.1) is 0 Å². The molecule has 1 aromatic carbocycles. The summed E-state index contributed by atoms with van der Waals surface area (Å²) in [4.78, 5) is 6.00. The van der Waals surface area contributed by atoms with E-state index in [-0.39, 0.29) is 5.82 Å². The minimum atomic E-state index is -0.145. The predicted molar refractivity (Wildman–Crippen MR) is 93.1 cm³/mol. The van der Waals surface area contributed by atoms with E-state index >= 15 is 0 Å². The van der Waals surface area contributed by atoms with Crippen LogP contribution in [0.1, 0.15) is 45.1 Å². The number of nitrogens with zero attached hydrogens (tertiary/aromatic N) is 1. The number of aromatic nitrogens is 1. The normalized spacial score (nSPS) is 31.1. The van der Waals surface area contributed by atoms with Crippen molar-refractivity contribution >= 4 is 10.9 Å². The zero-order valence-electron chi connectivity index (χ0n) is 14.2. The number of aromatic amines is 1. The van der Waals surface area contributed by atoms with Crippen molar-refractivity contribution in [1.29, 1.82) is 0 Å². The van der Waals surface area contributed by atoms with Crippen molar-refractivity contribution in [2.75, 3.05) is 13.1 Å². The van der Waals surface area contributed by atoms with Crippen LogP contribution in [0.25, 0.3) is 10.9 Å². The van der Waals surface area contributed by atoms with Gasteiger partial charge in [0.1, 0.15) is 5.82 Å². The molecule has 2 nitrogen and oxygen atoms in total. The zero-order chi connectivity index (χ0) is 16.0. The van der Waals surface area contributed by atoms with E-state index in [0.29, 0.717) is 5.41 Å². The second-order valence-electron chi connectivity index (χ2n) is 7.92. The molecule has 3 unspecified atom stereocenters. The van der Waals surface area contributed by atoms with E-state index in [0.717, 1.165) is 35.8 Å². The van der Waals surface area contributed by atoms with E-state index in [2.05, 4.69) is 29.9 Å². The Morgan fingerprint density at radius 2 is 2.22 bits per heavy atom. The third kappa shape index (κ3) is 2.59. The molecule has 2 aliphatic heterocycles. The lowest BCUT2D eigenvalue weighted by Crippen LogP contribution is -2.58. The van der Waals surface area contributed by atoms with Gasteiger partial charge >= 0.3 is 0 Å². The van der Waals surface area contributed by atoms with E-state index in [1.54, 1.807) is 6.07 Å². The summed E-state index contributed by atoms with van der Waals surface area (Å²) in [5.74, 6) is 0.735. The highest BCUT2D eigenvalue weighted by molar-refractivity contribution is 5.83. The van der Waals surface area contributed by atoms with E-state index in [1.807, 2.05) is 6.07 Å². The molecule has 0 radical (unpaired) electrons. The molecule has 5 rings (SSSR count). The van der Waals surface area contributed by atoms with Gasteiger partial charge < -0.3 is 4.98 Å². The predicted octanol–water partition coefficient (Wildman–Crippen LogP) is 4.75. The molecule has 0 spiro atoms. The lowest BCUT2D eigenvalue weighted by atomic mass is 9.62. The molecule has 23 heavy (non-hydrogen) atoms. The number of fused-ring (bicyclic) bond motifs is 4. The number of piperidine rings is 2. The van der Waals surface area contributed by atoms with Gasteiger partial charge in [-0.05, 0) is 67.2 Å². The van der Waals surface area contributed by atoms with Crippen LogP contribution in [-0.2, 0) is 6.42 Å². The molecule has 3 heteroatoms. The van der Waals surface area contributed by atoms with Gasteiger partial charge in [0.2, 0.25) is 0 Å². The van der Waals surface area contributed by atoms with Gasteiger partial charge in [0.15, 0.2) is 0 Å². The van der Waals surface area contributed by atoms with E-state index in [4.69, 9.17) is 0 Å². The molecule has 1 N–H and O–H groups in total. The summed E-state index contributed by atoms with van der Waals surface area (Å²) in [6.45, 7) is 7.19. The van der Waals surface area contributed by atoms with Crippen LogP contribution in [0.2, 0.25) is 0 Å². The van der Waals surface area contributed by atoms with Crippen LogP contribution in [0.15, 0.2) is 24.4 Å². The first kappa shape index (κ1) is 15.2. The van der Waals surface area contributed by atoms with Crippen molar-refractivity contribution in [3.8, 4) is 0 Å². The molecule has 124 valence electrons. The Bertz CT molecular complexity index is 707. The van der Waals surface area contributed by atoms with Gasteiger partial charge in [-0.2, -0.15) is 0 Å². The summed E-state index contributed by atoms with van der Waals surface area (Å²) < 4.78 is 13.5. The van der Waals surface area contributed by atoms with Gasteiger partial charge in [0.25, 0.3) is 0 Å². The summed E-state index contributed by atoms with van der Waals surface area (Å²) in [7, 11) is 0. The molecule has 2 aromatic rings. The highest BCUT2D eigenvalue weighted by Crippen LogP contribution is 2.48. The number of rotatable bonds is 4. The molecular weight excluding hydrogens is 287 g/mol. The van der Waals surface area contributed by atoms with Crippen LogP contribution in [0.4, 0.5) is 4.39 Å². The number of nitrogens with one attached hydrogen (secondary N) is 1. The molecule has 1 aliphatic carbocycles. The maximum atomic E-state index is 13.5. The molecule has 2 bridgehead atoms. The molecule has 0 amide bonds. The van der Waals surface area contributed by atoms with Crippen molar-refractivity contribution < 1.29 is 4.39 Å². The summed E-state index contributed by atoms with van der Waals surface area (Å²) in [5, 5.41) is 1.05. The Morgan fingerprint density at radius 1 is 1.35 bits per heavy atom. The largest absolute Gasteiger partial charge is 0.361 e. The number of hydrogen-bond donors (Lipinski definition) is 1. The Morgan fingerprint density at radius 3 is 3.00 bits per heavy atom. The number of H-pyrrole nitrogens is 1. The van der Waals surface area contributed by atoms with Gasteiger partial charge in [0.05, 0.1) is 0 Å². The molecule has 3 atom stereocenters. The van der Waals surface area contributed by atoms with Crippen molar-refractivity contribution in [3.63, 3.8) is 0 Å². The Hall–Kier alpha value is -1.35. The first-order valence-corrected chi connectivity index (χ1v) is 9.08. The fourth-order valence-corrected chi connectivity index (χ4v) is 5.13. The molecule has 1 aromatic heterocycles. The molecule has 1 saturated carbocycles. The van der Waals surface area contributed by atoms with Crippen LogP contribution >= 0.6 is 0 Å². The lowest BCUT2D eigenvalue weighted by Gasteiger charge is -2.56. The maximum Gasteiger partial charge on any atom is 0.123 e. The highest BCUT2D eigenvalue weighted by Gasteiger charge is 2.46. The first-order valence-electron chi connectivity index (χ1n) is 9.08. The summed E-state index contributed by atoms with van der Waals surface area (Å²) >= 11 is 0. The first-order chi connectivity index (χ1) is 11.1. The van der Waals surface area contributed by atoms with E-state index in [9.17, 15) is 4.39 Å². The second-order valence-corrected chi connectivity index (χ2v) is 7.92. The summed E-state index contributed by atoms with van der Waals surface area (Å²) in [6, 6.07) is 5.77. The van der Waals surface area contributed by atoms with Crippen molar-refractivity contribution in [3.05, 3.63) is 35.8 Å². The zero-order valence-corrected chi connectivity index (χ0v) is 14.2. The Labute approximate surface area is 138 Å². The summed E-state index contributed by atoms with van der Waals surface area (Å²) in [5.41, 5.74) is 2.78. The number of hydrogen-bond acceptors (Lipinski definition) is 1. The Kier molecular flexibility index (Phi) is 3.72. The van der Waals surface area contributed by atoms with Crippen molar-refractivity contribution in [2.24, 2.45) is 11.3 Å². The minimum Gasteiger partial charge on any atom is -0.361 e. The van der Waals surface area contributed by atoms with Gasteiger partial charge in [0, 0.05) is 36.2 Å². The minimum absolute atomic E-state index is 0.145. The van der Waals surface area contributed by atoms with Gasteiger partial charge in [-0.25, -0.2) is 4.39 Å². The highest BCUT2D eigenvalue weighted by atomic mass is 19.1. The average Bonchev–Trinajstić information content (AvgIpc) is 2.95. The lowest BCUT2D eigenvalue weighted by molar-refractivity contribution is -0.0554. The third-order valence-corrected chi connectivity index (χ3v) is 6.55. The quantitative estimate of drug-likeness (QED) is 0.863. The van der Waals surface area contributed by atoms with E-state index < -0.39 is 0 Å². The monoisotopic (exact) mass is 314 g/mol. The number of halogens is 1. The van der Waals surface area contributed by atoms with Crippen LogP contribution in [0, 0.1) is 17.2 Å². The smallest absolute Gasteiger partial charge is 0.123 e. The van der Waals surface area contributed by atoms with Crippen LogP contribution in [-0.4, -0.2) is 29.0 Å².